The Morgan fingerprint density at radius 2 is 1.71 bits per heavy atom. The van der Waals surface area contributed by atoms with Gasteiger partial charge in [0, 0.05) is 37.9 Å². The quantitative estimate of drug-likeness (QED) is 0.688. The first kappa shape index (κ1) is 14.3. The Kier molecular flexibility index (Phi) is 3.24. The summed E-state index contributed by atoms with van der Waals surface area (Å²) in [6.45, 7) is 3.21. The van der Waals surface area contributed by atoms with E-state index in [1.807, 2.05) is 18.2 Å². The van der Waals surface area contributed by atoms with Gasteiger partial charge in [-0.2, -0.15) is 4.98 Å². The van der Waals surface area contributed by atoms with Gasteiger partial charge in [0.25, 0.3) is 0 Å². The number of piperidine rings is 1. The number of para-hydroxylation sites is 1. The molecule has 0 bridgehead atoms. The lowest BCUT2D eigenvalue weighted by molar-refractivity contribution is -0.169. The number of aromatic nitrogens is 1. The van der Waals surface area contributed by atoms with Gasteiger partial charge in [0.15, 0.2) is 5.79 Å². The summed E-state index contributed by atoms with van der Waals surface area (Å²) in [6.07, 6.45) is 2.65. The molecule has 0 radical (unpaired) electrons. The molecule has 24 heavy (non-hydrogen) atoms. The van der Waals surface area contributed by atoms with E-state index in [1.165, 1.54) is 5.56 Å². The molecule has 0 aliphatic carbocycles. The van der Waals surface area contributed by atoms with E-state index in [9.17, 15) is 0 Å². The summed E-state index contributed by atoms with van der Waals surface area (Å²) in [5, 5.41) is 0. The predicted octanol–water partition coefficient (Wildman–Crippen LogP) is 3.12. The molecule has 0 amide bonds. The second-order valence-corrected chi connectivity index (χ2v) is 6.61. The van der Waals surface area contributed by atoms with Crippen molar-refractivity contribution in [3.8, 4) is 11.6 Å². The van der Waals surface area contributed by atoms with E-state index in [0.29, 0.717) is 13.2 Å². The molecule has 5 nitrogen and oxygen atoms in total. The number of rotatable bonds is 1. The maximum Gasteiger partial charge on any atom is 0.224 e. The molecule has 2 saturated heterocycles. The summed E-state index contributed by atoms with van der Waals surface area (Å²) in [5.41, 5.74) is 2.36. The molecular formula is C19H20N2O3. The van der Waals surface area contributed by atoms with E-state index < -0.39 is 0 Å². The second kappa shape index (κ2) is 5.46. The Bertz CT molecular complexity index is 761. The van der Waals surface area contributed by atoms with Crippen LogP contribution >= 0.6 is 0 Å². The molecule has 1 spiro atoms. The SMILES string of the molecule is c1ccc2c(c1)Cc1ccc(N3CCC4(CC3)OCCO4)nc1O2. The fourth-order valence-electron chi connectivity index (χ4n) is 3.78. The molecule has 2 fully saturated rings. The molecular weight excluding hydrogens is 304 g/mol. The third-order valence-corrected chi connectivity index (χ3v) is 5.15. The van der Waals surface area contributed by atoms with Gasteiger partial charge in [0.2, 0.25) is 5.88 Å². The van der Waals surface area contributed by atoms with Crippen molar-refractivity contribution in [2.75, 3.05) is 31.2 Å². The minimum atomic E-state index is -0.347. The van der Waals surface area contributed by atoms with Crippen LogP contribution in [0.1, 0.15) is 24.0 Å². The van der Waals surface area contributed by atoms with Gasteiger partial charge in [-0.15, -0.1) is 0 Å². The molecule has 1 aromatic heterocycles. The highest BCUT2D eigenvalue weighted by Crippen LogP contribution is 2.37. The normalized spacial score (nSPS) is 21.2. The third kappa shape index (κ3) is 2.36. The Hall–Kier alpha value is -2.11. The third-order valence-electron chi connectivity index (χ3n) is 5.15. The van der Waals surface area contributed by atoms with Gasteiger partial charge in [-0.3, -0.25) is 0 Å². The Labute approximate surface area is 141 Å². The van der Waals surface area contributed by atoms with Gasteiger partial charge in [0.1, 0.15) is 11.6 Å². The number of nitrogens with zero attached hydrogens (tertiary/aromatic N) is 2. The maximum absolute atomic E-state index is 6.02. The van der Waals surface area contributed by atoms with Crippen LogP contribution in [-0.2, 0) is 15.9 Å². The highest BCUT2D eigenvalue weighted by Gasteiger charge is 2.40. The number of ether oxygens (including phenoxy) is 3. The zero-order chi connectivity index (χ0) is 16.0. The van der Waals surface area contributed by atoms with E-state index >= 15 is 0 Å². The minimum absolute atomic E-state index is 0.347. The van der Waals surface area contributed by atoms with Crippen LogP contribution in [0.25, 0.3) is 0 Å². The summed E-state index contributed by atoms with van der Waals surface area (Å²) in [5.74, 6) is 2.28. The maximum atomic E-state index is 6.02. The average molecular weight is 324 g/mol. The lowest BCUT2D eigenvalue weighted by Crippen LogP contribution is -2.45. The fraction of sp³-hybridized carbons (Fsp3) is 0.421. The molecule has 2 aromatic rings. The topological polar surface area (TPSA) is 43.8 Å². The standard InChI is InChI=1S/C19H20N2O3/c1-2-4-16-14(3-1)13-15-5-6-17(20-18(15)24-16)21-9-7-19(8-10-21)22-11-12-23-19/h1-6H,7-13H2. The molecule has 0 saturated carbocycles. The summed E-state index contributed by atoms with van der Waals surface area (Å²) >= 11 is 0. The zero-order valence-electron chi connectivity index (χ0n) is 13.5. The second-order valence-electron chi connectivity index (χ2n) is 6.61. The van der Waals surface area contributed by atoms with Crippen molar-refractivity contribution in [1.82, 2.24) is 4.98 Å². The van der Waals surface area contributed by atoms with Crippen molar-refractivity contribution in [2.45, 2.75) is 25.0 Å². The Morgan fingerprint density at radius 3 is 2.54 bits per heavy atom. The highest BCUT2D eigenvalue weighted by atomic mass is 16.7. The predicted molar refractivity (Wildman–Crippen MR) is 89.6 cm³/mol. The molecule has 0 N–H and O–H groups in total. The van der Waals surface area contributed by atoms with Crippen LogP contribution in [0.2, 0.25) is 0 Å². The van der Waals surface area contributed by atoms with E-state index in [2.05, 4.69) is 23.1 Å². The molecule has 3 aliphatic rings. The zero-order valence-corrected chi connectivity index (χ0v) is 13.5. The number of pyridine rings is 1. The molecule has 0 atom stereocenters. The van der Waals surface area contributed by atoms with Gasteiger partial charge in [-0.05, 0) is 23.8 Å². The van der Waals surface area contributed by atoms with E-state index in [4.69, 9.17) is 19.2 Å². The monoisotopic (exact) mass is 324 g/mol. The van der Waals surface area contributed by atoms with Crippen molar-refractivity contribution in [1.29, 1.82) is 0 Å². The van der Waals surface area contributed by atoms with Gasteiger partial charge in [-0.1, -0.05) is 18.2 Å². The molecule has 4 heterocycles. The first-order valence-corrected chi connectivity index (χ1v) is 8.60. The van der Waals surface area contributed by atoms with Crippen molar-refractivity contribution >= 4 is 5.82 Å². The number of anilines is 1. The number of benzene rings is 1. The average Bonchev–Trinajstić information content (AvgIpc) is 3.08. The van der Waals surface area contributed by atoms with Crippen molar-refractivity contribution < 1.29 is 14.2 Å². The molecule has 5 rings (SSSR count). The Morgan fingerprint density at radius 1 is 0.917 bits per heavy atom. The smallest absolute Gasteiger partial charge is 0.224 e. The lowest BCUT2D eigenvalue weighted by atomic mass is 10.0. The summed E-state index contributed by atoms with van der Waals surface area (Å²) < 4.78 is 17.6. The number of fused-ring (bicyclic) bond motifs is 2. The van der Waals surface area contributed by atoms with Gasteiger partial charge in [0.05, 0.1) is 13.2 Å². The van der Waals surface area contributed by atoms with Crippen LogP contribution in [0.5, 0.6) is 11.6 Å². The number of hydrogen-bond donors (Lipinski definition) is 0. The van der Waals surface area contributed by atoms with Gasteiger partial charge < -0.3 is 19.1 Å². The number of hydrogen-bond acceptors (Lipinski definition) is 5. The van der Waals surface area contributed by atoms with Gasteiger partial charge >= 0.3 is 0 Å². The summed E-state index contributed by atoms with van der Waals surface area (Å²) in [6, 6.07) is 12.4. The van der Waals surface area contributed by atoms with E-state index in [0.717, 1.165) is 55.4 Å². The van der Waals surface area contributed by atoms with Crippen molar-refractivity contribution in [3.05, 3.63) is 47.5 Å². The van der Waals surface area contributed by atoms with Crippen molar-refractivity contribution in [3.63, 3.8) is 0 Å². The first-order chi connectivity index (χ1) is 11.8. The van der Waals surface area contributed by atoms with Crippen LogP contribution in [0.3, 0.4) is 0 Å². The van der Waals surface area contributed by atoms with E-state index in [1.54, 1.807) is 0 Å². The summed E-state index contributed by atoms with van der Waals surface area (Å²) in [7, 11) is 0. The highest BCUT2D eigenvalue weighted by molar-refractivity contribution is 5.51. The molecule has 3 aliphatic heterocycles. The fourth-order valence-corrected chi connectivity index (χ4v) is 3.78. The molecule has 1 aromatic carbocycles. The lowest BCUT2D eigenvalue weighted by Gasteiger charge is -2.38. The van der Waals surface area contributed by atoms with Crippen molar-refractivity contribution in [2.24, 2.45) is 0 Å². The van der Waals surface area contributed by atoms with E-state index in [-0.39, 0.29) is 5.79 Å². The minimum Gasteiger partial charge on any atom is -0.438 e. The van der Waals surface area contributed by atoms with Crippen LogP contribution in [0.4, 0.5) is 5.82 Å². The molecule has 124 valence electrons. The van der Waals surface area contributed by atoms with Crippen LogP contribution in [0, 0.1) is 0 Å². The van der Waals surface area contributed by atoms with Crippen LogP contribution < -0.4 is 9.64 Å². The van der Waals surface area contributed by atoms with Gasteiger partial charge in [-0.25, -0.2) is 0 Å². The summed E-state index contributed by atoms with van der Waals surface area (Å²) in [4.78, 5) is 7.07. The van der Waals surface area contributed by atoms with Crippen LogP contribution in [-0.4, -0.2) is 37.1 Å². The Balaban J connectivity index is 1.36. The largest absolute Gasteiger partial charge is 0.438 e. The molecule has 0 unspecified atom stereocenters. The van der Waals surface area contributed by atoms with Crippen LogP contribution in [0.15, 0.2) is 36.4 Å². The first-order valence-electron chi connectivity index (χ1n) is 8.60. The molecule has 5 heteroatoms.